The van der Waals surface area contributed by atoms with Gasteiger partial charge in [0.15, 0.2) is 5.82 Å². The lowest BCUT2D eigenvalue weighted by Gasteiger charge is -2.08. The minimum absolute atomic E-state index is 0.123. The lowest BCUT2D eigenvalue weighted by atomic mass is 10.2. The van der Waals surface area contributed by atoms with Crippen LogP contribution in [0.5, 0.6) is 0 Å². The number of unbranched alkanes of at least 4 members (excludes halogenated alkanes) is 2. The van der Waals surface area contributed by atoms with Crippen molar-refractivity contribution in [2.45, 2.75) is 58.9 Å². The summed E-state index contributed by atoms with van der Waals surface area (Å²) in [5.74, 6) is 1.16. The van der Waals surface area contributed by atoms with Gasteiger partial charge in [0.1, 0.15) is 17.6 Å². The molecule has 0 bridgehead atoms. The Balaban J connectivity index is 1.69. The molecule has 0 fully saturated rings. The van der Waals surface area contributed by atoms with E-state index in [2.05, 4.69) is 34.5 Å². The second kappa shape index (κ2) is 10.8. The number of aromatic nitrogens is 8. The first-order chi connectivity index (χ1) is 17.4. The molecule has 0 saturated carbocycles. The third kappa shape index (κ3) is 5.11. The smallest absolute Gasteiger partial charge is 0.335 e. The number of aryl methyl sites for hydroxylation is 2. The van der Waals surface area contributed by atoms with E-state index in [0.29, 0.717) is 12.2 Å². The van der Waals surface area contributed by atoms with Crippen LogP contribution >= 0.6 is 0 Å². The molecule has 3 heterocycles. The second-order valence-corrected chi connectivity index (χ2v) is 8.30. The number of tetrazole rings is 1. The molecule has 14 heteroatoms. The molecule has 4 aromatic rings. The average Bonchev–Trinajstić information content (AvgIpc) is 3.60. The van der Waals surface area contributed by atoms with Gasteiger partial charge < -0.3 is 10.1 Å². The van der Waals surface area contributed by atoms with E-state index in [4.69, 9.17) is 10.1 Å². The van der Waals surface area contributed by atoms with E-state index in [0.717, 1.165) is 66.4 Å². The molecule has 1 aromatic carbocycles. The first-order valence-electron chi connectivity index (χ1n) is 11.7. The maximum atomic E-state index is 11.7. The maximum Gasteiger partial charge on any atom is 0.335 e. The van der Waals surface area contributed by atoms with Crippen LogP contribution in [0.15, 0.2) is 30.3 Å². The molecule has 0 aliphatic heterocycles. The molecule has 0 spiro atoms. The van der Waals surface area contributed by atoms with Gasteiger partial charge in [0, 0.05) is 12.8 Å². The molecular formula is C22H26N10O4. The van der Waals surface area contributed by atoms with Gasteiger partial charge in [-0.3, -0.25) is 10.1 Å². The third-order valence-corrected chi connectivity index (χ3v) is 5.73. The van der Waals surface area contributed by atoms with Gasteiger partial charge in [-0.1, -0.05) is 38.8 Å². The molecule has 3 aromatic heterocycles. The van der Waals surface area contributed by atoms with Crippen LogP contribution in [0.1, 0.15) is 56.7 Å². The first kappa shape index (κ1) is 24.6. The number of nitrogens with zero attached hydrogens (tertiary/aromatic N) is 9. The Hall–Kier alpha value is -4.49. The summed E-state index contributed by atoms with van der Waals surface area (Å²) in [5.41, 5.74) is 0.641. The van der Waals surface area contributed by atoms with Gasteiger partial charge >= 0.3 is 11.5 Å². The molecule has 0 amide bonds. The predicted octanol–water partition coefficient (Wildman–Crippen LogP) is 3.80. The Labute approximate surface area is 205 Å². The molecule has 14 nitrogen and oxygen atoms in total. The number of hydrogen-bond acceptors (Lipinski definition) is 9. The summed E-state index contributed by atoms with van der Waals surface area (Å²) < 4.78 is 3.06. The molecule has 0 atom stereocenters. The van der Waals surface area contributed by atoms with Crippen LogP contribution in [-0.2, 0) is 19.4 Å². The van der Waals surface area contributed by atoms with Crippen LogP contribution in [0.3, 0.4) is 0 Å². The molecule has 0 aliphatic rings. The van der Waals surface area contributed by atoms with Crippen molar-refractivity contribution in [3.63, 3.8) is 0 Å². The zero-order chi connectivity index (χ0) is 25.7. The standard InChI is InChI=1S/C22H26N10O4/c1-3-5-7-18-23-19(8-6-4-2)29(26-18)14-15-9-11-16(12-10-15)30-20(32(35)36)13-17(31(33)34)21(30)22-24-27-28-25-22/h9-13H,3-8,14H2,1-2H3,(H,24,25,27,28). The number of benzene rings is 1. The molecule has 4 rings (SSSR count). The lowest BCUT2D eigenvalue weighted by molar-refractivity contribution is -0.394. The molecule has 1 N–H and O–H groups in total. The van der Waals surface area contributed by atoms with Crippen molar-refractivity contribution < 1.29 is 9.85 Å². The molecule has 0 radical (unpaired) electrons. The maximum absolute atomic E-state index is 11.7. The Morgan fingerprint density at radius 3 is 2.33 bits per heavy atom. The van der Waals surface area contributed by atoms with Crippen molar-refractivity contribution in [2.24, 2.45) is 0 Å². The van der Waals surface area contributed by atoms with Crippen molar-refractivity contribution in [3.8, 4) is 17.2 Å². The van der Waals surface area contributed by atoms with Crippen LogP contribution in [0.2, 0.25) is 0 Å². The van der Waals surface area contributed by atoms with E-state index in [1.807, 2.05) is 16.8 Å². The summed E-state index contributed by atoms with van der Waals surface area (Å²) >= 11 is 0. The van der Waals surface area contributed by atoms with Gasteiger partial charge in [-0.05, 0) is 40.7 Å². The van der Waals surface area contributed by atoms with Gasteiger partial charge in [-0.2, -0.15) is 14.9 Å². The number of nitro groups is 2. The predicted molar refractivity (Wildman–Crippen MR) is 129 cm³/mol. The Morgan fingerprint density at radius 1 is 1.00 bits per heavy atom. The summed E-state index contributed by atoms with van der Waals surface area (Å²) in [4.78, 5) is 26.7. The quantitative estimate of drug-likeness (QED) is 0.227. The highest BCUT2D eigenvalue weighted by Crippen LogP contribution is 2.37. The van der Waals surface area contributed by atoms with Gasteiger partial charge in [-0.25, -0.2) is 9.67 Å². The van der Waals surface area contributed by atoms with Gasteiger partial charge in [0.25, 0.3) is 11.5 Å². The Bertz CT molecular complexity index is 1340. The van der Waals surface area contributed by atoms with Gasteiger partial charge in [-0.15, -0.1) is 10.2 Å². The third-order valence-electron chi connectivity index (χ3n) is 5.73. The van der Waals surface area contributed by atoms with Crippen LogP contribution in [-0.4, -0.2) is 49.8 Å². The summed E-state index contributed by atoms with van der Waals surface area (Å²) in [5, 5.41) is 41.4. The Kier molecular flexibility index (Phi) is 7.42. The summed E-state index contributed by atoms with van der Waals surface area (Å²) in [6, 6.07) is 7.84. The minimum Gasteiger partial charge on any atom is -0.358 e. The number of rotatable bonds is 12. The summed E-state index contributed by atoms with van der Waals surface area (Å²) in [6.45, 7) is 4.75. The largest absolute Gasteiger partial charge is 0.358 e. The number of H-pyrrole nitrogens is 1. The average molecular weight is 495 g/mol. The monoisotopic (exact) mass is 494 g/mol. The van der Waals surface area contributed by atoms with Crippen molar-refractivity contribution >= 4 is 11.5 Å². The SMILES string of the molecule is CCCCc1nc(CCCC)n(Cc2ccc(-n3c([N+](=O)[O-])cc([N+](=O)[O-])c3-c3nn[nH]n3)cc2)n1. The Morgan fingerprint density at radius 2 is 1.72 bits per heavy atom. The van der Waals surface area contributed by atoms with E-state index in [9.17, 15) is 20.2 Å². The van der Waals surface area contributed by atoms with Gasteiger partial charge in [0.2, 0.25) is 0 Å². The highest BCUT2D eigenvalue weighted by Gasteiger charge is 2.36. The molecule has 36 heavy (non-hydrogen) atoms. The molecular weight excluding hydrogens is 468 g/mol. The van der Waals surface area contributed by atoms with Crippen LogP contribution in [0, 0.1) is 20.2 Å². The number of nitrogens with one attached hydrogen (secondary N) is 1. The molecule has 0 aliphatic carbocycles. The minimum atomic E-state index is -0.706. The van der Waals surface area contributed by atoms with E-state index in [1.54, 1.807) is 12.1 Å². The van der Waals surface area contributed by atoms with Crippen LogP contribution in [0.25, 0.3) is 17.2 Å². The fraction of sp³-hybridized carbons (Fsp3) is 0.409. The first-order valence-corrected chi connectivity index (χ1v) is 11.7. The second-order valence-electron chi connectivity index (χ2n) is 8.30. The molecule has 188 valence electrons. The fourth-order valence-corrected chi connectivity index (χ4v) is 3.93. The van der Waals surface area contributed by atoms with E-state index in [1.165, 1.54) is 0 Å². The fourth-order valence-electron chi connectivity index (χ4n) is 3.93. The van der Waals surface area contributed by atoms with Crippen molar-refractivity contribution in [1.29, 1.82) is 0 Å². The zero-order valence-electron chi connectivity index (χ0n) is 20.0. The molecule has 0 saturated heterocycles. The highest BCUT2D eigenvalue weighted by molar-refractivity contribution is 5.72. The highest BCUT2D eigenvalue weighted by atomic mass is 16.6. The van der Waals surface area contributed by atoms with E-state index >= 15 is 0 Å². The van der Waals surface area contributed by atoms with Crippen LogP contribution in [0.4, 0.5) is 11.5 Å². The molecule has 0 unspecified atom stereocenters. The van der Waals surface area contributed by atoms with Crippen LogP contribution < -0.4 is 0 Å². The summed E-state index contributed by atoms with van der Waals surface area (Å²) in [7, 11) is 0. The van der Waals surface area contributed by atoms with Crippen molar-refractivity contribution in [3.05, 3.63) is 67.8 Å². The normalized spacial score (nSPS) is 11.2. The summed E-state index contributed by atoms with van der Waals surface area (Å²) in [6.07, 6.45) is 5.82. The van der Waals surface area contributed by atoms with Crippen molar-refractivity contribution in [1.82, 2.24) is 40.0 Å². The van der Waals surface area contributed by atoms with Crippen molar-refractivity contribution in [2.75, 3.05) is 0 Å². The van der Waals surface area contributed by atoms with E-state index < -0.39 is 21.4 Å². The number of hydrogen-bond donors (Lipinski definition) is 1. The topological polar surface area (TPSA) is 176 Å². The number of aromatic amines is 1. The van der Waals surface area contributed by atoms with Gasteiger partial charge in [0.05, 0.1) is 11.5 Å². The lowest BCUT2D eigenvalue weighted by Crippen LogP contribution is -2.08. The van der Waals surface area contributed by atoms with E-state index in [-0.39, 0.29) is 11.5 Å². The zero-order valence-corrected chi connectivity index (χ0v) is 20.0.